The van der Waals surface area contributed by atoms with Gasteiger partial charge in [0.05, 0.1) is 23.2 Å². The molecule has 0 spiro atoms. The highest BCUT2D eigenvalue weighted by Gasteiger charge is 2.78. The van der Waals surface area contributed by atoms with Gasteiger partial charge in [-0.1, -0.05) is 24.3 Å². The molecular weight excluding hydrogens is 552 g/mol. The molecule has 0 aromatic heterocycles. The quantitative estimate of drug-likeness (QED) is 0.329. The van der Waals surface area contributed by atoms with Crippen molar-refractivity contribution in [1.29, 1.82) is 5.26 Å². The van der Waals surface area contributed by atoms with Crippen LogP contribution in [0.5, 0.6) is 5.75 Å². The van der Waals surface area contributed by atoms with Crippen molar-refractivity contribution in [3.63, 3.8) is 0 Å². The number of phenols is 1. The van der Waals surface area contributed by atoms with E-state index in [1.165, 1.54) is 25.1 Å². The minimum absolute atomic E-state index is 0.131. The molecule has 6 atom stereocenters. The number of Topliss-reactive ketones (excluding diaryl/α,β-unsaturated/α-hetero) is 4. The maximum Gasteiger partial charge on any atom is 0.235 e. The van der Waals surface area contributed by atoms with E-state index in [9.17, 15) is 34.3 Å². The smallest absolute Gasteiger partial charge is 0.235 e. The molecule has 2 unspecified atom stereocenters. The number of phenolic OH excluding ortho intramolecular Hbond substituents is 1. The monoisotopic (exact) mass is 586 g/mol. The standard InChI is InChI=1S/C31H34N6O6/c1-36(2)12-15-6-5-7-16(10-15)17-8-9-19(38)20-18(17)11-29(34)13-31(35)25(37(3)4)24(40)21(28(33)43)26(41)30(31,14-32)27(42)22(29)23(20)39/h5-10,21-22,25,38H,11-13,34-35H2,1-4H3,(H2,33,43)/t21?,22?,25-,29-,30+,31-/m1/s1. The van der Waals surface area contributed by atoms with Crippen LogP contribution in [0.1, 0.15) is 27.9 Å². The van der Waals surface area contributed by atoms with Crippen LogP contribution in [-0.4, -0.2) is 89.3 Å². The molecule has 12 nitrogen and oxygen atoms in total. The second-order valence-electron chi connectivity index (χ2n) is 12.5. The van der Waals surface area contributed by atoms with Crippen molar-refractivity contribution >= 4 is 29.0 Å². The number of nitrogens with two attached hydrogens (primary N) is 3. The predicted octanol–water partition coefficient (Wildman–Crippen LogP) is -0.463. The van der Waals surface area contributed by atoms with Crippen molar-refractivity contribution in [3.05, 3.63) is 53.1 Å². The van der Waals surface area contributed by atoms with E-state index in [4.69, 9.17) is 17.2 Å². The second-order valence-corrected chi connectivity index (χ2v) is 12.5. The van der Waals surface area contributed by atoms with Crippen molar-refractivity contribution in [2.24, 2.45) is 34.5 Å². The molecule has 7 N–H and O–H groups in total. The molecule has 3 aliphatic rings. The molecule has 5 rings (SSSR count). The molecule has 2 fully saturated rings. The highest BCUT2D eigenvalue weighted by molar-refractivity contribution is 6.33. The van der Waals surface area contributed by atoms with E-state index in [0.29, 0.717) is 17.7 Å². The number of aromatic hydroxyl groups is 1. The van der Waals surface area contributed by atoms with E-state index >= 15 is 0 Å². The number of nitrogens with zero attached hydrogens (tertiary/aromatic N) is 3. The Morgan fingerprint density at radius 3 is 2.33 bits per heavy atom. The molecule has 1 amide bonds. The van der Waals surface area contributed by atoms with Gasteiger partial charge in [0.15, 0.2) is 34.5 Å². The molecule has 3 aliphatic carbocycles. The van der Waals surface area contributed by atoms with Gasteiger partial charge in [-0.25, -0.2) is 0 Å². The summed E-state index contributed by atoms with van der Waals surface area (Å²) in [5.74, 6) is -9.94. The predicted molar refractivity (Wildman–Crippen MR) is 154 cm³/mol. The topological polar surface area (TPSA) is 214 Å². The Morgan fingerprint density at radius 2 is 1.74 bits per heavy atom. The Kier molecular flexibility index (Phi) is 6.94. The summed E-state index contributed by atoms with van der Waals surface area (Å²) in [5, 5.41) is 21.4. The van der Waals surface area contributed by atoms with Gasteiger partial charge < -0.3 is 27.2 Å². The summed E-state index contributed by atoms with van der Waals surface area (Å²) in [6.45, 7) is 0.649. The number of rotatable bonds is 5. The van der Waals surface area contributed by atoms with Gasteiger partial charge in [0.2, 0.25) is 5.91 Å². The maximum atomic E-state index is 14.5. The van der Waals surface area contributed by atoms with E-state index in [2.05, 4.69) is 0 Å². The molecule has 0 aliphatic heterocycles. The lowest BCUT2D eigenvalue weighted by molar-refractivity contribution is -0.166. The zero-order chi connectivity index (χ0) is 31.8. The van der Waals surface area contributed by atoms with Gasteiger partial charge >= 0.3 is 0 Å². The third-order valence-corrected chi connectivity index (χ3v) is 9.21. The molecular formula is C31H34N6O6. The molecule has 0 bridgehead atoms. The third-order valence-electron chi connectivity index (χ3n) is 9.21. The Morgan fingerprint density at radius 1 is 1.07 bits per heavy atom. The molecule has 0 radical (unpaired) electrons. The Balaban J connectivity index is 1.74. The van der Waals surface area contributed by atoms with E-state index in [-0.39, 0.29) is 17.7 Å². The normalized spacial score (nSPS) is 31.8. The Hall–Kier alpha value is -4.28. The van der Waals surface area contributed by atoms with E-state index in [1.54, 1.807) is 12.1 Å². The van der Waals surface area contributed by atoms with Crippen LogP contribution in [0.25, 0.3) is 11.1 Å². The van der Waals surface area contributed by atoms with Crippen LogP contribution in [-0.2, 0) is 32.1 Å². The second kappa shape index (κ2) is 9.89. The number of primary amides is 1. The summed E-state index contributed by atoms with van der Waals surface area (Å²) in [6.07, 6.45) is -0.592. The summed E-state index contributed by atoms with van der Waals surface area (Å²) in [5.41, 5.74) is 15.1. The van der Waals surface area contributed by atoms with Gasteiger partial charge in [-0.2, -0.15) is 5.26 Å². The molecule has 2 aromatic carbocycles. The number of nitriles is 1. The molecule has 0 heterocycles. The van der Waals surface area contributed by atoms with Crippen LogP contribution in [0, 0.1) is 28.6 Å². The van der Waals surface area contributed by atoms with Gasteiger partial charge in [-0.05, 0) is 75.4 Å². The number of hydrogen-bond donors (Lipinski definition) is 4. The molecule has 0 saturated heterocycles. The lowest BCUT2D eigenvalue weighted by Crippen LogP contribution is -2.85. The number of likely N-dealkylation sites (N-methyl/N-ethyl adjacent to an activating group) is 1. The first-order chi connectivity index (χ1) is 20.1. The van der Waals surface area contributed by atoms with Gasteiger partial charge in [-0.3, -0.25) is 28.9 Å². The molecule has 12 heteroatoms. The number of ketones is 4. The molecule has 43 heavy (non-hydrogen) atoms. The lowest BCUT2D eigenvalue weighted by Gasteiger charge is -2.60. The average Bonchev–Trinajstić information content (AvgIpc) is 2.87. The number of carbonyl (C=O) groups excluding carboxylic acids is 5. The van der Waals surface area contributed by atoms with Crippen molar-refractivity contribution in [1.82, 2.24) is 9.80 Å². The van der Waals surface area contributed by atoms with Crippen LogP contribution >= 0.6 is 0 Å². The fraction of sp³-hybridized carbons (Fsp3) is 0.419. The zero-order valence-electron chi connectivity index (χ0n) is 24.4. The number of fused-ring (bicyclic) bond motifs is 3. The van der Waals surface area contributed by atoms with Gasteiger partial charge in [0.25, 0.3) is 0 Å². The van der Waals surface area contributed by atoms with Crippen molar-refractivity contribution in [2.45, 2.75) is 36.5 Å². The SMILES string of the molecule is CN(C)Cc1cccc(-c2ccc(O)c3c2C[C@@]2(N)C[C@@]4(N)[C@H](N(C)C)C(=O)C(C(N)=O)C(=O)[C@@]4(C#N)C(=O)C2C3=O)c1. The summed E-state index contributed by atoms with van der Waals surface area (Å²) in [7, 11) is 6.79. The van der Waals surface area contributed by atoms with Crippen LogP contribution < -0.4 is 17.2 Å². The average molecular weight is 587 g/mol. The summed E-state index contributed by atoms with van der Waals surface area (Å²) in [6, 6.07) is 10.9. The molecule has 2 saturated carbocycles. The fourth-order valence-corrected chi connectivity index (χ4v) is 7.68. The van der Waals surface area contributed by atoms with Gasteiger partial charge in [0, 0.05) is 12.1 Å². The Labute approximate surface area is 248 Å². The molecule has 224 valence electrons. The number of carbonyl (C=O) groups is 5. The summed E-state index contributed by atoms with van der Waals surface area (Å²) < 4.78 is 0. The summed E-state index contributed by atoms with van der Waals surface area (Å²) >= 11 is 0. The van der Waals surface area contributed by atoms with E-state index in [1.807, 2.05) is 43.3 Å². The first-order valence-corrected chi connectivity index (χ1v) is 13.8. The van der Waals surface area contributed by atoms with Crippen LogP contribution in [0.2, 0.25) is 0 Å². The van der Waals surface area contributed by atoms with E-state index in [0.717, 1.165) is 11.1 Å². The number of hydrogen-bond acceptors (Lipinski definition) is 11. The highest BCUT2D eigenvalue weighted by atomic mass is 16.3. The van der Waals surface area contributed by atoms with E-state index < -0.39 is 69.8 Å². The van der Waals surface area contributed by atoms with Crippen molar-refractivity contribution < 1.29 is 29.1 Å². The van der Waals surface area contributed by atoms with Crippen LogP contribution in [0.4, 0.5) is 0 Å². The minimum atomic E-state index is -2.77. The van der Waals surface area contributed by atoms with Crippen molar-refractivity contribution in [3.8, 4) is 22.9 Å². The molecule has 2 aromatic rings. The number of amides is 1. The van der Waals surface area contributed by atoms with Crippen molar-refractivity contribution in [2.75, 3.05) is 28.2 Å². The summed E-state index contributed by atoms with van der Waals surface area (Å²) in [4.78, 5) is 71.7. The highest BCUT2D eigenvalue weighted by Crippen LogP contribution is 2.57. The van der Waals surface area contributed by atoms with Gasteiger partial charge in [0.1, 0.15) is 11.7 Å². The lowest BCUT2D eigenvalue weighted by atomic mass is 9.42. The third kappa shape index (κ3) is 4.00. The first kappa shape index (κ1) is 30.2. The van der Waals surface area contributed by atoms with Gasteiger partial charge in [-0.15, -0.1) is 0 Å². The number of benzene rings is 2. The van der Waals surface area contributed by atoms with Crippen LogP contribution in [0.3, 0.4) is 0 Å². The zero-order valence-corrected chi connectivity index (χ0v) is 24.4. The largest absolute Gasteiger partial charge is 0.507 e. The maximum absolute atomic E-state index is 14.5. The minimum Gasteiger partial charge on any atom is -0.507 e. The van der Waals surface area contributed by atoms with Crippen LogP contribution in [0.15, 0.2) is 36.4 Å². The first-order valence-electron chi connectivity index (χ1n) is 13.8. The fourth-order valence-electron chi connectivity index (χ4n) is 7.68. The Bertz CT molecular complexity index is 1660.